The van der Waals surface area contributed by atoms with Crippen molar-refractivity contribution in [2.24, 2.45) is 0 Å². The first-order valence-electron chi connectivity index (χ1n) is 7.69. The summed E-state index contributed by atoms with van der Waals surface area (Å²) in [5, 5.41) is 4.56. The average Bonchev–Trinajstić information content (AvgIpc) is 2.44. The van der Waals surface area contributed by atoms with Crippen molar-refractivity contribution in [3.05, 3.63) is 33.3 Å². The van der Waals surface area contributed by atoms with Crippen molar-refractivity contribution in [1.82, 2.24) is 10.2 Å². The quantitative estimate of drug-likeness (QED) is 0.705. The van der Waals surface area contributed by atoms with Crippen LogP contribution in [0.15, 0.2) is 22.7 Å². The second kappa shape index (κ2) is 8.52. The number of halogens is 2. The molecule has 120 valence electrons. The minimum atomic E-state index is 0.103. The Morgan fingerprint density at radius 2 is 2.00 bits per heavy atom. The smallest absolute Gasteiger partial charge is 0.0449 e. The molecular weight excluding hydrogens is 348 g/mol. The molecule has 0 aliphatic rings. The highest BCUT2D eigenvalue weighted by molar-refractivity contribution is 9.10. The highest BCUT2D eigenvalue weighted by Gasteiger charge is 2.34. The van der Waals surface area contributed by atoms with E-state index in [-0.39, 0.29) is 5.54 Å². The number of hydrogen-bond acceptors (Lipinski definition) is 2. The van der Waals surface area contributed by atoms with Gasteiger partial charge >= 0.3 is 0 Å². The largest absolute Gasteiger partial charge is 0.312 e. The van der Waals surface area contributed by atoms with E-state index in [1.807, 2.05) is 6.07 Å². The lowest BCUT2D eigenvalue weighted by Gasteiger charge is -2.43. The summed E-state index contributed by atoms with van der Waals surface area (Å²) in [6, 6.07) is 6.54. The van der Waals surface area contributed by atoms with Crippen molar-refractivity contribution in [1.29, 1.82) is 0 Å². The monoisotopic (exact) mass is 374 g/mol. The van der Waals surface area contributed by atoms with Gasteiger partial charge in [0, 0.05) is 21.1 Å². The fourth-order valence-corrected chi connectivity index (χ4v) is 3.36. The maximum atomic E-state index is 6.41. The Labute approximate surface area is 143 Å². The summed E-state index contributed by atoms with van der Waals surface area (Å²) in [4.78, 5) is 2.33. The Morgan fingerprint density at radius 1 is 1.33 bits per heavy atom. The molecule has 0 radical (unpaired) electrons. The van der Waals surface area contributed by atoms with Gasteiger partial charge in [0.05, 0.1) is 0 Å². The van der Waals surface area contributed by atoms with E-state index in [2.05, 4.69) is 73.1 Å². The molecule has 0 fully saturated rings. The zero-order valence-electron chi connectivity index (χ0n) is 13.8. The zero-order valence-corrected chi connectivity index (χ0v) is 16.2. The zero-order chi connectivity index (χ0) is 16.0. The topological polar surface area (TPSA) is 15.3 Å². The van der Waals surface area contributed by atoms with Gasteiger partial charge in [0.15, 0.2) is 0 Å². The van der Waals surface area contributed by atoms with Crippen molar-refractivity contribution in [3.8, 4) is 0 Å². The van der Waals surface area contributed by atoms with Gasteiger partial charge in [-0.05, 0) is 64.5 Å². The molecule has 0 aliphatic heterocycles. The van der Waals surface area contributed by atoms with Gasteiger partial charge in [-0.25, -0.2) is 0 Å². The van der Waals surface area contributed by atoms with Gasteiger partial charge in [-0.2, -0.15) is 0 Å². The fourth-order valence-electron chi connectivity index (χ4n) is 2.61. The van der Waals surface area contributed by atoms with Crippen LogP contribution in [0.3, 0.4) is 0 Å². The predicted molar refractivity (Wildman–Crippen MR) is 97.3 cm³/mol. The maximum Gasteiger partial charge on any atom is 0.0449 e. The number of likely N-dealkylation sites (N-methyl/N-ethyl adjacent to an activating group) is 1. The molecular formula is C17H28BrClN2. The van der Waals surface area contributed by atoms with E-state index in [0.717, 1.165) is 35.3 Å². The third-order valence-corrected chi connectivity index (χ3v) is 5.41. The molecule has 2 nitrogen and oxygen atoms in total. The van der Waals surface area contributed by atoms with Crippen LogP contribution < -0.4 is 5.32 Å². The van der Waals surface area contributed by atoms with Crippen molar-refractivity contribution >= 4 is 27.5 Å². The van der Waals surface area contributed by atoms with Crippen molar-refractivity contribution in [2.45, 2.75) is 51.6 Å². The van der Waals surface area contributed by atoms with Gasteiger partial charge in [0.2, 0.25) is 0 Å². The summed E-state index contributed by atoms with van der Waals surface area (Å²) < 4.78 is 1.03. The van der Waals surface area contributed by atoms with Gasteiger partial charge < -0.3 is 10.2 Å². The Bertz CT molecular complexity index is 450. The molecule has 21 heavy (non-hydrogen) atoms. The Kier molecular flexibility index (Phi) is 7.69. The number of rotatable bonds is 8. The van der Waals surface area contributed by atoms with Crippen molar-refractivity contribution < 1.29 is 0 Å². The molecule has 0 aliphatic carbocycles. The van der Waals surface area contributed by atoms with Gasteiger partial charge in [-0.15, -0.1) is 0 Å². The maximum absolute atomic E-state index is 6.41. The molecule has 0 spiro atoms. The summed E-state index contributed by atoms with van der Waals surface area (Å²) in [5.41, 5.74) is 1.31. The second-order valence-corrected chi connectivity index (χ2v) is 7.37. The molecule has 0 bridgehead atoms. The van der Waals surface area contributed by atoms with Crippen LogP contribution in [0.2, 0.25) is 5.02 Å². The SMILES string of the molecule is CCCNC(Cc1ccc(Br)cc1Cl)C(C)(CC)N(C)C. The molecule has 0 aromatic heterocycles. The van der Waals surface area contributed by atoms with Crippen LogP contribution >= 0.6 is 27.5 Å². The average molecular weight is 376 g/mol. The molecule has 1 N–H and O–H groups in total. The molecule has 1 rings (SSSR count). The van der Waals surface area contributed by atoms with Gasteiger partial charge in [0.25, 0.3) is 0 Å². The molecule has 4 heteroatoms. The van der Waals surface area contributed by atoms with E-state index in [0.29, 0.717) is 6.04 Å². The van der Waals surface area contributed by atoms with E-state index < -0.39 is 0 Å². The molecule has 0 amide bonds. The van der Waals surface area contributed by atoms with Crippen LogP contribution in [0.1, 0.15) is 39.2 Å². The standard InChI is InChI=1S/C17H28BrClN2/c1-6-10-20-16(17(3,7-2)21(4)5)11-13-8-9-14(18)12-15(13)19/h8-9,12,16,20H,6-7,10-11H2,1-5H3. The van der Waals surface area contributed by atoms with Gasteiger partial charge in [-0.1, -0.05) is 47.4 Å². The molecule has 0 saturated heterocycles. The van der Waals surface area contributed by atoms with E-state index >= 15 is 0 Å². The molecule has 1 aromatic carbocycles. The van der Waals surface area contributed by atoms with Crippen LogP contribution in [-0.4, -0.2) is 37.1 Å². The third-order valence-electron chi connectivity index (χ3n) is 4.57. The fraction of sp³-hybridized carbons (Fsp3) is 0.647. The van der Waals surface area contributed by atoms with E-state index in [9.17, 15) is 0 Å². The van der Waals surface area contributed by atoms with E-state index in [4.69, 9.17) is 11.6 Å². The second-order valence-electron chi connectivity index (χ2n) is 6.05. The normalized spacial score (nSPS) is 16.0. The van der Waals surface area contributed by atoms with Gasteiger partial charge in [-0.3, -0.25) is 0 Å². The van der Waals surface area contributed by atoms with Crippen LogP contribution in [0, 0.1) is 0 Å². The number of nitrogens with zero attached hydrogens (tertiary/aromatic N) is 1. The summed E-state index contributed by atoms with van der Waals surface area (Å²) in [6.45, 7) is 7.81. The lowest BCUT2D eigenvalue weighted by atomic mass is 9.84. The molecule has 1 aromatic rings. The molecule has 0 heterocycles. The molecule has 0 saturated carbocycles. The van der Waals surface area contributed by atoms with Crippen LogP contribution in [0.4, 0.5) is 0 Å². The summed E-state index contributed by atoms with van der Waals surface area (Å²) >= 11 is 9.88. The number of benzene rings is 1. The summed E-state index contributed by atoms with van der Waals surface area (Å²) in [6.07, 6.45) is 3.17. The lowest BCUT2D eigenvalue weighted by Crippen LogP contribution is -2.58. The third kappa shape index (κ3) is 4.95. The number of nitrogens with one attached hydrogen (secondary N) is 1. The predicted octanol–water partition coefficient (Wildman–Crippen LogP) is 4.74. The van der Waals surface area contributed by atoms with Crippen LogP contribution in [-0.2, 0) is 6.42 Å². The highest BCUT2D eigenvalue weighted by atomic mass is 79.9. The van der Waals surface area contributed by atoms with Crippen LogP contribution in [0.5, 0.6) is 0 Å². The number of hydrogen-bond donors (Lipinski definition) is 1. The first kappa shape index (κ1) is 19.0. The highest BCUT2D eigenvalue weighted by Crippen LogP contribution is 2.28. The Balaban J connectivity index is 3.02. The Hall–Kier alpha value is -0.0900. The van der Waals surface area contributed by atoms with Gasteiger partial charge in [0.1, 0.15) is 0 Å². The minimum absolute atomic E-state index is 0.103. The molecule has 2 unspecified atom stereocenters. The van der Waals surface area contributed by atoms with Crippen molar-refractivity contribution in [2.75, 3.05) is 20.6 Å². The van der Waals surface area contributed by atoms with Crippen LogP contribution in [0.25, 0.3) is 0 Å². The van der Waals surface area contributed by atoms with E-state index in [1.165, 1.54) is 5.56 Å². The molecule has 2 atom stereocenters. The first-order valence-corrected chi connectivity index (χ1v) is 8.87. The lowest BCUT2D eigenvalue weighted by molar-refractivity contribution is 0.112. The van der Waals surface area contributed by atoms with E-state index in [1.54, 1.807) is 0 Å². The minimum Gasteiger partial charge on any atom is -0.312 e. The Morgan fingerprint density at radius 3 is 2.48 bits per heavy atom. The van der Waals surface area contributed by atoms with Crippen molar-refractivity contribution in [3.63, 3.8) is 0 Å². The first-order chi connectivity index (χ1) is 9.85. The summed E-state index contributed by atoms with van der Waals surface area (Å²) in [5.74, 6) is 0. The summed E-state index contributed by atoms with van der Waals surface area (Å²) in [7, 11) is 4.32.